The van der Waals surface area contributed by atoms with Crippen molar-refractivity contribution in [2.24, 2.45) is 0 Å². The molecule has 1 atom stereocenters. The van der Waals surface area contributed by atoms with Gasteiger partial charge in [-0.2, -0.15) is 17.5 Å². The van der Waals surface area contributed by atoms with Crippen LogP contribution in [0.1, 0.15) is 11.3 Å². The first kappa shape index (κ1) is 27.8. The Labute approximate surface area is 225 Å². The predicted molar refractivity (Wildman–Crippen MR) is 135 cm³/mol. The van der Waals surface area contributed by atoms with E-state index < -0.39 is 39.7 Å². The van der Waals surface area contributed by atoms with Gasteiger partial charge in [-0.3, -0.25) is 9.78 Å². The molecule has 3 amide bonds. The largest absolute Gasteiger partial charge is 0.416 e. The number of rotatable bonds is 6. The van der Waals surface area contributed by atoms with E-state index in [2.05, 4.69) is 15.6 Å². The molecule has 202 valence electrons. The fraction of sp³-hybridized carbons (Fsp3) is 0.261. The Hall–Kier alpha value is -3.20. The fourth-order valence-corrected chi connectivity index (χ4v) is 6.93. The van der Waals surface area contributed by atoms with Crippen LogP contribution in [0.15, 0.2) is 65.0 Å². The van der Waals surface area contributed by atoms with Crippen LogP contribution in [0.5, 0.6) is 0 Å². The number of halogens is 4. The third-order valence-corrected chi connectivity index (χ3v) is 9.27. The fourth-order valence-electron chi connectivity index (χ4n) is 3.75. The van der Waals surface area contributed by atoms with Crippen molar-refractivity contribution in [3.63, 3.8) is 0 Å². The Morgan fingerprint density at radius 2 is 1.82 bits per heavy atom. The van der Waals surface area contributed by atoms with Crippen LogP contribution in [0.4, 0.5) is 23.7 Å². The number of pyridine rings is 1. The number of amides is 3. The average Bonchev–Trinajstić information content (AvgIpc) is 3.34. The maximum Gasteiger partial charge on any atom is 0.416 e. The molecule has 3 aromatic rings. The molecule has 1 aromatic carbocycles. The molecular weight excluding hydrogens is 567 g/mol. The van der Waals surface area contributed by atoms with E-state index in [1.807, 2.05) is 0 Å². The minimum atomic E-state index is -4.52. The molecule has 15 heteroatoms. The molecule has 1 aliphatic heterocycles. The number of sulfonamides is 1. The summed E-state index contributed by atoms with van der Waals surface area (Å²) in [7, 11) is -4.12. The summed E-state index contributed by atoms with van der Waals surface area (Å²) in [6.45, 7) is -0.514. The molecule has 2 aromatic heterocycles. The van der Waals surface area contributed by atoms with Crippen molar-refractivity contribution >= 4 is 50.6 Å². The van der Waals surface area contributed by atoms with E-state index in [1.165, 1.54) is 17.0 Å². The minimum absolute atomic E-state index is 0.0344. The number of urea groups is 1. The van der Waals surface area contributed by atoms with Crippen LogP contribution < -0.4 is 10.6 Å². The zero-order valence-corrected chi connectivity index (χ0v) is 21.9. The van der Waals surface area contributed by atoms with Gasteiger partial charge in [0.25, 0.3) is 10.0 Å². The lowest BCUT2D eigenvalue weighted by atomic mass is 10.2. The van der Waals surface area contributed by atoms with Gasteiger partial charge < -0.3 is 15.5 Å². The van der Waals surface area contributed by atoms with Crippen molar-refractivity contribution in [1.82, 2.24) is 19.5 Å². The number of nitrogens with zero attached hydrogens (tertiary/aromatic N) is 3. The van der Waals surface area contributed by atoms with Crippen molar-refractivity contribution in [3.05, 3.63) is 76.4 Å². The number of hydrogen-bond acceptors (Lipinski definition) is 6. The lowest BCUT2D eigenvalue weighted by Crippen LogP contribution is -2.61. The van der Waals surface area contributed by atoms with Crippen molar-refractivity contribution in [2.75, 3.05) is 25.0 Å². The zero-order valence-electron chi connectivity index (χ0n) is 19.5. The summed E-state index contributed by atoms with van der Waals surface area (Å²) in [5.74, 6) is -0.645. The predicted octanol–water partition coefficient (Wildman–Crippen LogP) is 4.04. The molecule has 1 fully saturated rings. The van der Waals surface area contributed by atoms with Gasteiger partial charge in [0.2, 0.25) is 5.91 Å². The zero-order chi connectivity index (χ0) is 27.5. The number of hydrogen-bond donors (Lipinski definition) is 2. The van der Waals surface area contributed by atoms with Gasteiger partial charge in [-0.1, -0.05) is 17.7 Å². The highest BCUT2D eigenvalue weighted by atomic mass is 35.5. The Balaban J connectivity index is 1.52. The van der Waals surface area contributed by atoms with Gasteiger partial charge in [-0.15, -0.1) is 11.3 Å². The first-order chi connectivity index (χ1) is 17.9. The standard InChI is InChI=1S/C23H21ClF3N5O4S2/c24-19-8-9-20(37-19)38(35,36)32-12-11-31(14-18(32)21(33)29-13-17-3-1-2-10-28-17)22(34)30-16-6-4-15(5-7-16)23(25,26)27/h1-10,18H,11-14H2,(H,29,33)(H,30,34). The quantitative estimate of drug-likeness (QED) is 0.452. The molecule has 3 heterocycles. The summed E-state index contributed by atoms with van der Waals surface area (Å²) in [5.41, 5.74) is -0.205. The highest BCUT2D eigenvalue weighted by molar-refractivity contribution is 7.91. The number of thiophene rings is 1. The average molecular weight is 588 g/mol. The van der Waals surface area contributed by atoms with E-state index in [0.29, 0.717) is 5.69 Å². The van der Waals surface area contributed by atoms with E-state index in [1.54, 1.807) is 24.4 Å². The van der Waals surface area contributed by atoms with Crippen molar-refractivity contribution in [2.45, 2.75) is 23.0 Å². The second kappa shape index (κ2) is 11.3. The van der Waals surface area contributed by atoms with E-state index in [9.17, 15) is 31.2 Å². The number of alkyl halides is 3. The number of piperazine rings is 1. The number of carbonyl (C=O) groups is 2. The summed E-state index contributed by atoms with van der Waals surface area (Å²) in [5, 5.41) is 5.15. The second-order valence-electron chi connectivity index (χ2n) is 8.18. The minimum Gasteiger partial charge on any atom is -0.349 e. The van der Waals surface area contributed by atoms with Crippen molar-refractivity contribution in [3.8, 4) is 0 Å². The van der Waals surface area contributed by atoms with Gasteiger partial charge in [0.05, 0.1) is 22.1 Å². The normalized spacial score (nSPS) is 16.7. The third-order valence-electron chi connectivity index (χ3n) is 5.67. The smallest absolute Gasteiger partial charge is 0.349 e. The van der Waals surface area contributed by atoms with E-state index in [4.69, 9.17) is 11.6 Å². The number of aromatic nitrogens is 1. The molecule has 0 radical (unpaired) electrons. The van der Waals surface area contributed by atoms with Gasteiger partial charge in [0.1, 0.15) is 10.3 Å². The first-order valence-electron chi connectivity index (χ1n) is 11.1. The van der Waals surface area contributed by atoms with E-state index in [0.717, 1.165) is 39.9 Å². The van der Waals surface area contributed by atoms with Crippen molar-refractivity contribution < 1.29 is 31.2 Å². The second-order valence-corrected chi connectivity index (χ2v) is 12.0. The Kier molecular flexibility index (Phi) is 8.25. The van der Waals surface area contributed by atoms with E-state index in [-0.39, 0.29) is 40.4 Å². The molecule has 1 saturated heterocycles. The molecule has 1 aliphatic rings. The molecule has 9 nitrogen and oxygen atoms in total. The Morgan fingerprint density at radius 3 is 2.42 bits per heavy atom. The summed E-state index contributed by atoms with van der Waals surface area (Å²) in [6, 6.07) is 9.82. The monoisotopic (exact) mass is 587 g/mol. The van der Waals surface area contributed by atoms with Crippen LogP contribution in [0, 0.1) is 0 Å². The van der Waals surface area contributed by atoms with Crippen LogP contribution in [0.3, 0.4) is 0 Å². The molecule has 0 saturated carbocycles. The Bertz CT molecular complexity index is 1400. The van der Waals surface area contributed by atoms with Crippen LogP contribution in [-0.2, 0) is 27.5 Å². The maximum absolute atomic E-state index is 13.3. The third kappa shape index (κ3) is 6.43. The SMILES string of the molecule is O=C(NCc1ccccn1)C1CN(C(=O)Nc2ccc(C(F)(F)F)cc2)CCN1S(=O)(=O)c1ccc(Cl)s1. The van der Waals surface area contributed by atoms with Crippen LogP contribution in [0.25, 0.3) is 0 Å². The molecule has 0 bridgehead atoms. The summed E-state index contributed by atoms with van der Waals surface area (Å²) >= 11 is 6.77. The lowest BCUT2D eigenvalue weighted by molar-refractivity contribution is -0.137. The molecule has 1 unspecified atom stereocenters. The molecule has 0 aliphatic carbocycles. The molecule has 0 spiro atoms. The molecular formula is C23H21ClF3N5O4S2. The van der Waals surface area contributed by atoms with Crippen LogP contribution in [0.2, 0.25) is 4.34 Å². The van der Waals surface area contributed by atoms with Gasteiger partial charge in [0.15, 0.2) is 0 Å². The highest BCUT2D eigenvalue weighted by Crippen LogP contribution is 2.31. The molecule has 38 heavy (non-hydrogen) atoms. The van der Waals surface area contributed by atoms with Gasteiger partial charge in [-0.05, 0) is 48.5 Å². The van der Waals surface area contributed by atoms with Gasteiger partial charge in [-0.25, -0.2) is 13.2 Å². The van der Waals surface area contributed by atoms with E-state index >= 15 is 0 Å². The van der Waals surface area contributed by atoms with Crippen LogP contribution >= 0.6 is 22.9 Å². The van der Waals surface area contributed by atoms with Gasteiger partial charge >= 0.3 is 12.2 Å². The Morgan fingerprint density at radius 1 is 1.08 bits per heavy atom. The first-order valence-corrected chi connectivity index (χ1v) is 13.8. The molecule has 2 N–H and O–H groups in total. The summed E-state index contributed by atoms with van der Waals surface area (Å²) in [4.78, 5) is 31.4. The lowest BCUT2D eigenvalue weighted by Gasteiger charge is -2.39. The highest BCUT2D eigenvalue weighted by Gasteiger charge is 2.42. The summed E-state index contributed by atoms with van der Waals surface area (Å²) in [6.07, 6.45) is -2.97. The number of nitrogens with one attached hydrogen (secondary N) is 2. The van der Waals surface area contributed by atoms with Crippen molar-refractivity contribution in [1.29, 1.82) is 0 Å². The summed E-state index contributed by atoms with van der Waals surface area (Å²) < 4.78 is 66.4. The number of benzene rings is 1. The van der Waals surface area contributed by atoms with Gasteiger partial charge in [0, 0.05) is 31.5 Å². The maximum atomic E-state index is 13.3. The topological polar surface area (TPSA) is 112 Å². The number of anilines is 1. The van der Waals surface area contributed by atoms with Crippen LogP contribution in [-0.4, -0.2) is 60.2 Å². The molecule has 4 rings (SSSR count). The number of carbonyl (C=O) groups excluding carboxylic acids is 2.